The molecule has 0 saturated heterocycles. The number of anilines is 1. The van der Waals surface area contributed by atoms with Crippen molar-refractivity contribution in [3.63, 3.8) is 0 Å². The first kappa shape index (κ1) is 18.2. The molecule has 7 nitrogen and oxygen atoms in total. The van der Waals surface area contributed by atoms with Crippen LogP contribution in [0.3, 0.4) is 0 Å². The third-order valence-corrected chi connectivity index (χ3v) is 3.70. The Morgan fingerprint density at radius 1 is 1.00 bits per heavy atom. The van der Waals surface area contributed by atoms with Gasteiger partial charge in [-0.1, -0.05) is 49.4 Å². The van der Waals surface area contributed by atoms with Gasteiger partial charge >= 0.3 is 0 Å². The van der Waals surface area contributed by atoms with Crippen molar-refractivity contribution in [3.05, 3.63) is 60.2 Å². The van der Waals surface area contributed by atoms with Crippen molar-refractivity contribution in [1.82, 2.24) is 9.97 Å². The smallest absolute Gasteiger partial charge is 0.256 e. The molecule has 0 unspecified atom stereocenters. The van der Waals surface area contributed by atoms with Crippen molar-refractivity contribution >= 4 is 11.9 Å². The fraction of sp³-hybridized carbons (Fsp3) is 0.150. The number of hydrogen-bond acceptors (Lipinski definition) is 6. The average Bonchev–Trinajstić information content (AvgIpc) is 2.67. The number of nitrogens with zero attached hydrogens (tertiary/aromatic N) is 2. The number of amides is 1. The van der Waals surface area contributed by atoms with Crippen molar-refractivity contribution in [2.75, 3.05) is 12.3 Å². The van der Waals surface area contributed by atoms with E-state index in [-0.39, 0.29) is 17.4 Å². The lowest BCUT2D eigenvalue weighted by atomic mass is 10.1. The summed E-state index contributed by atoms with van der Waals surface area (Å²) in [5.74, 6) is 0.191. The molecule has 3 aromatic rings. The van der Waals surface area contributed by atoms with Crippen LogP contribution in [0.15, 0.2) is 54.6 Å². The number of primary amides is 1. The van der Waals surface area contributed by atoms with Gasteiger partial charge in [-0.15, -0.1) is 0 Å². The predicted octanol–water partition coefficient (Wildman–Crippen LogP) is 3.41. The molecule has 4 N–H and O–H groups in total. The van der Waals surface area contributed by atoms with Gasteiger partial charge in [-0.25, -0.2) is 4.98 Å². The number of aromatic nitrogens is 2. The molecule has 0 radical (unpaired) electrons. The van der Waals surface area contributed by atoms with Crippen LogP contribution in [0, 0.1) is 0 Å². The van der Waals surface area contributed by atoms with Gasteiger partial charge in [0.2, 0.25) is 11.8 Å². The normalized spacial score (nSPS) is 10.4. The molecule has 0 atom stereocenters. The predicted molar refractivity (Wildman–Crippen MR) is 103 cm³/mol. The van der Waals surface area contributed by atoms with Gasteiger partial charge in [0.05, 0.1) is 12.3 Å². The van der Waals surface area contributed by atoms with Gasteiger partial charge in [0.1, 0.15) is 5.56 Å². The van der Waals surface area contributed by atoms with E-state index in [0.717, 1.165) is 6.42 Å². The van der Waals surface area contributed by atoms with E-state index in [2.05, 4.69) is 9.97 Å². The van der Waals surface area contributed by atoms with Gasteiger partial charge in [-0.3, -0.25) is 4.79 Å². The Labute approximate surface area is 157 Å². The number of nitrogens with two attached hydrogens (primary N) is 2. The van der Waals surface area contributed by atoms with Crippen molar-refractivity contribution in [3.8, 4) is 28.6 Å². The summed E-state index contributed by atoms with van der Waals surface area (Å²) in [7, 11) is 0. The van der Waals surface area contributed by atoms with Crippen molar-refractivity contribution in [1.29, 1.82) is 0 Å². The molecule has 138 valence electrons. The largest absolute Gasteiger partial charge is 0.490 e. The highest BCUT2D eigenvalue weighted by Gasteiger charge is 2.22. The number of ether oxygens (including phenoxy) is 2. The molecule has 0 aliphatic carbocycles. The second-order valence-corrected chi connectivity index (χ2v) is 5.74. The van der Waals surface area contributed by atoms with E-state index in [9.17, 15) is 4.79 Å². The molecule has 0 fully saturated rings. The van der Waals surface area contributed by atoms with E-state index < -0.39 is 5.91 Å². The third kappa shape index (κ3) is 4.14. The monoisotopic (exact) mass is 364 g/mol. The van der Waals surface area contributed by atoms with Gasteiger partial charge in [0, 0.05) is 5.56 Å². The van der Waals surface area contributed by atoms with E-state index >= 15 is 0 Å². The number of nitrogen functional groups attached to an aromatic ring is 1. The van der Waals surface area contributed by atoms with Crippen LogP contribution in [0.25, 0.3) is 11.3 Å². The van der Waals surface area contributed by atoms with Crippen LogP contribution >= 0.6 is 0 Å². The Kier molecular flexibility index (Phi) is 5.51. The molecule has 1 amide bonds. The average molecular weight is 364 g/mol. The highest BCUT2D eigenvalue weighted by Crippen LogP contribution is 2.35. The van der Waals surface area contributed by atoms with E-state index in [1.54, 1.807) is 30.3 Å². The fourth-order valence-electron chi connectivity index (χ4n) is 2.53. The van der Waals surface area contributed by atoms with Crippen LogP contribution in [0.2, 0.25) is 0 Å². The molecule has 2 aromatic carbocycles. The molecule has 1 aromatic heterocycles. The van der Waals surface area contributed by atoms with Crippen LogP contribution < -0.4 is 20.9 Å². The molecular formula is C20H20N4O3. The zero-order valence-electron chi connectivity index (χ0n) is 14.9. The summed E-state index contributed by atoms with van der Waals surface area (Å²) in [6.07, 6.45) is 0.847. The second kappa shape index (κ2) is 8.18. The Balaban J connectivity index is 2.09. The molecule has 0 saturated carbocycles. The van der Waals surface area contributed by atoms with Gasteiger partial charge in [-0.2, -0.15) is 4.98 Å². The Bertz CT molecular complexity index is 945. The van der Waals surface area contributed by atoms with Crippen LogP contribution in [0.1, 0.15) is 23.7 Å². The van der Waals surface area contributed by atoms with E-state index in [1.165, 1.54) is 0 Å². The maximum atomic E-state index is 12.2. The minimum Gasteiger partial charge on any atom is -0.490 e. The number of benzene rings is 2. The van der Waals surface area contributed by atoms with Gasteiger partial charge in [0.25, 0.3) is 5.91 Å². The first-order chi connectivity index (χ1) is 13.1. The molecular weight excluding hydrogens is 344 g/mol. The van der Waals surface area contributed by atoms with Crippen LogP contribution in [-0.4, -0.2) is 22.5 Å². The SMILES string of the molecule is CCCOc1ccccc1Oc1nc(N)nc(-c2ccccc2)c1C(N)=O. The summed E-state index contributed by atoms with van der Waals surface area (Å²) in [6, 6.07) is 16.2. The first-order valence-electron chi connectivity index (χ1n) is 8.52. The first-order valence-corrected chi connectivity index (χ1v) is 8.52. The van der Waals surface area contributed by atoms with Crippen molar-refractivity contribution < 1.29 is 14.3 Å². The zero-order chi connectivity index (χ0) is 19.2. The zero-order valence-corrected chi connectivity index (χ0v) is 14.9. The maximum Gasteiger partial charge on any atom is 0.256 e. The highest BCUT2D eigenvalue weighted by molar-refractivity contribution is 6.01. The topological polar surface area (TPSA) is 113 Å². The molecule has 27 heavy (non-hydrogen) atoms. The summed E-state index contributed by atoms with van der Waals surface area (Å²) in [5.41, 5.74) is 12.5. The second-order valence-electron chi connectivity index (χ2n) is 5.74. The number of carbonyl (C=O) groups is 1. The summed E-state index contributed by atoms with van der Waals surface area (Å²) in [4.78, 5) is 20.4. The molecule has 0 aliphatic heterocycles. The lowest BCUT2D eigenvalue weighted by Crippen LogP contribution is -2.17. The third-order valence-electron chi connectivity index (χ3n) is 3.70. The minimum atomic E-state index is -0.712. The minimum absolute atomic E-state index is 0.0126. The number of rotatable bonds is 7. The van der Waals surface area contributed by atoms with Crippen LogP contribution in [0.4, 0.5) is 5.95 Å². The van der Waals surface area contributed by atoms with Crippen LogP contribution in [0.5, 0.6) is 17.4 Å². The number of para-hydroxylation sites is 2. The molecule has 3 rings (SSSR count). The quantitative estimate of drug-likeness (QED) is 0.664. The van der Waals surface area contributed by atoms with Crippen molar-refractivity contribution in [2.45, 2.75) is 13.3 Å². The molecule has 0 bridgehead atoms. The van der Waals surface area contributed by atoms with Gasteiger partial charge < -0.3 is 20.9 Å². The van der Waals surface area contributed by atoms with Crippen molar-refractivity contribution in [2.24, 2.45) is 5.73 Å². The van der Waals surface area contributed by atoms with Gasteiger partial charge in [0.15, 0.2) is 11.5 Å². The Morgan fingerprint density at radius 2 is 1.67 bits per heavy atom. The number of hydrogen-bond donors (Lipinski definition) is 2. The Hall–Kier alpha value is -3.61. The maximum absolute atomic E-state index is 12.2. The summed E-state index contributed by atoms with van der Waals surface area (Å²) >= 11 is 0. The lowest BCUT2D eigenvalue weighted by molar-refractivity contribution is 0.0997. The molecule has 7 heteroatoms. The lowest BCUT2D eigenvalue weighted by Gasteiger charge is -2.15. The summed E-state index contributed by atoms with van der Waals surface area (Å²) in [6.45, 7) is 2.54. The molecule has 0 spiro atoms. The fourth-order valence-corrected chi connectivity index (χ4v) is 2.53. The van der Waals surface area contributed by atoms with E-state index in [1.807, 2.05) is 31.2 Å². The Morgan fingerprint density at radius 3 is 2.33 bits per heavy atom. The van der Waals surface area contributed by atoms with Gasteiger partial charge in [-0.05, 0) is 18.6 Å². The van der Waals surface area contributed by atoms with Crippen LogP contribution in [-0.2, 0) is 0 Å². The molecule has 0 aliphatic rings. The highest BCUT2D eigenvalue weighted by atomic mass is 16.5. The number of carbonyl (C=O) groups excluding carboxylic acids is 1. The van der Waals surface area contributed by atoms with E-state index in [4.69, 9.17) is 20.9 Å². The summed E-state index contributed by atoms with van der Waals surface area (Å²) < 4.78 is 11.6. The summed E-state index contributed by atoms with van der Waals surface area (Å²) in [5, 5.41) is 0. The standard InChI is InChI=1S/C20H20N4O3/c1-2-12-26-14-10-6-7-11-15(14)27-19-16(18(21)25)17(23-20(22)24-19)13-8-4-3-5-9-13/h3-11H,2,12H2,1H3,(H2,21,25)(H2,22,23,24). The van der Waals surface area contributed by atoms with E-state index in [0.29, 0.717) is 29.4 Å². The molecule has 1 heterocycles.